The molecule has 2 heterocycles. The van der Waals surface area contributed by atoms with Gasteiger partial charge in [-0.05, 0) is 49.1 Å². The van der Waals surface area contributed by atoms with Gasteiger partial charge in [0.15, 0.2) is 0 Å². The molecule has 24 heavy (non-hydrogen) atoms. The second-order valence-corrected chi connectivity index (χ2v) is 6.31. The van der Waals surface area contributed by atoms with E-state index in [2.05, 4.69) is 21.3 Å². The molecule has 2 aromatic rings. The number of aromatic amines is 1. The van der Waals surface area contributed by atoms with Crippen LogP contribution in [-0.4, -0.2) is 35.4 Å². The van der Waals surface area contributed by atoms with Gasteiger partial charge in [0, 0.05) is 25.8 Å². The zero-order chi connectivity index (χ0) is 16.8. The second-order valence-electron chi connectivity index (χ2n) is 6.31. The number of amides is 1. The van der Waals surface area contributed by atoms with Crippen LogP contribution in [0.15, 0.2) is 42.6 Å². The van der Waals surface area contributed by atoms with E-state index in [0.29, 0.717) is 18.2 Å². The van der Waals surface area contributed by atoms with E-state index in [9.17, 15) is 10.1 Å². The molecule has 0 spiro atoms. The molecule has 2 N–H and O–H groups in total. The summed E-state index contributed by atoms with van der Waals surface area (Å²) in [5.41, 5.74) is 2.43. The number of aromatic nitrogens is 1. The van der Waals surface area contributed by atoms with E-state index in [-0.39, 0.29) is 5.91 Å². The van der Waals surface area contributed by atoms with Gasteiger partial charge in [-0.3, -0.25) is 9.69 Å². The first kappa shape index (κ1) is 16.3. The van der Waals surface area contributed by atoms with Gasteiger partial charge in [-0.1, -0.05) is 18.2 Å². The van der Waals surface area contributed by atoms with Crippen LogP contribution in [0.1, 0.15) is 34.5 Å². The van der Waals surface area contributed by atoms with Crippen LogP contribution < -0.4 is 5.32 Å². The van der Waals surface area contributed by atoms with E-state index in [0.717, 1.165) is 43.6 Å². The van der Waals surface area contributed by atoms with E-state index in [1.165, 1.54) is 0 Å². The number of carbonyl (C=O) groups excluding carboxylic acids is 1. The minimum absolute atomic E-state index is 0.0491. The first-order valence-corrected chi connectivity index (χ1v) is 8.38. The lowest BCUT2D eigenvalue weighted by Crippen LogP contribution is -2.40. The van der Waals surface area contributed by atoms with Gasteiger partial charge in [0.2, 0.25) is 0 Å². The Morgan fingerprint density at radius 3 is 3.00 bits per heavy atom. The van der Waals surface area contributed by atoms with Gasteiger partial charge >= 0.3 is 0 Å². The Balaban J connectivity index is 1.53. The molecule has 1 aromatic heterocycles. The summed E-state index contributed by atoms with van der Waals surface area (Å²) in [4.78, 5) is 17.3. The van der Waals surface area contributed by atoms with Crippen molar-refractivity contribution in [1.29, 1.82) is 5.26 Å². The largest absolute Gasteiger partial charge is 0.357 e. The Morgan fingerprint density at radius 1 is 1.33 bits per heavy atom. The topological polar surface area (TPSA) is 71.9 Å². The maximum Gasteiger partial charge on any atom is 0.267 e. The van der Waals surface area contributed by atoms with Crippen molar-refractivity contribution in [1.82, 2.24) is 15.2 Å². The number of hydrogen-bond donors (Lipinski definition) is 2. The summed E-state index contributed by atoms with van der Waals surface area (Å²) < 4.78 is 0. The Hall–Kier alpha value is -2.58. The van der Waals surface area contributed by atoms with Crippen LogP contribution in [0, 0.1) is 17.2 Å². The third-order valence-corrected chi connectivity index (χ3v) is 4.53. The summed E-state index contributed by atoms with van der Waals surface area (Å²) in [6.07, 6.45) is 4.00. The highest BCUT2D eigenvalue weighted by atomic mass is 16.1. The number of likely N-dealkylation sites (tertiary alicyclic amines) is 1. The Morgan fingerprint density at radius 2 is 2.21 bits per heavy atom. The molecule has 1 fully saturated rings. The fraction of sp³-hybridized carbons (Fsp3) is 0.368. The predicted octanol–water partition coefficient (Wildman–Crippen LogP) is 2.53. The number of hydrogen-bond acceptors (Lipinski definition) is 3. The van der Waals surface area contributed by atoms with E-state index < -0.39 is 0 Å². The lowest BCUT2D eigenvalue weighted by molar-refractivity contribution is 0.0926. The molecule has 1 aliphatic rings. The number of H-pyrrole nitrogens is 1. The Labute approximate surface area is 142 Å². The molecule has 5 heteroatoms. The first-order chi connectivity index (χ1) is 11.8. The highest BCUT2D eigenvalue weighted by Crippen LogP contribution is 2.19. The van der Waals surface area contributed by atoms with Crippen molar-refractivity contribution >= 4 is 5.91 Å². The van der Waals surface area contributed by atoms with E-state index in [4.69, 9.17) is 0 Å². The second kappa shape index (κ2) is 7.80. The van der Waals surface area contributed by atoms with Crippen LogP contribution in [0.2, 0.25) is 0 Å². The summed E-state index contributed by atoms with van der Waals surface area (Å²) in [6, 6.07) is 13.6. The quantitative estimate of drug-likeness (QED) is 0.888. The summed E-state index contributed by atoms with van der Waals surface area (Å²) in [6.45, 7) is 3.48. The highest BCUT2D eigenvalue weighted by molar-refractivity contribution is 5.92. The van der Waals surface area contributed by atoms with Crippen molar-refractivity contribution in [3.05, 3.63) is 59.4 Å². The molecule has 0 saturated carbocycles. The van der Waals surface area contributed by atoms with Crippen molar-refractivity contribution in [2.75, 3.05) is 19.6 Å². The van der Waals surface area contributed by atoms with Crippen LogP contribution in [0.4, 0.5) is 0 Å². The van der Waals surface area contributed by atoms with Gasteiger partial charge in [0.05, 0.1) is 11.6 Å². The Kier molecular flexibility index (Phi) is 5.29. The molecular weight excluding hydrogens is 300 g/mol. The zero-order valence-corrected chi connectivity index (χ0v) is 13.7. The summed E-state index contributed by atoms with van der Waals surface area (Å²) in [5, 5.41) is 12.2. The number of rotatable bonds is 5. The molecule has 1 amide bonds. The van der Waals surface area contributed by atoms with Crippen LogP contribution in [0.5, 0.6) is 0 Å². The molecule has 1 atom stereocenters. The van der Waals surface area contributed by atoms with Crippen LogP contribution >= 0.6 is 0 Å². The van der Waals surface area contributed by atoms with E-state index in [1.54, 1.807) is 12.3 Å². The van der Waals surface area contributed by atoms with Crippen molar-refractivity contribution in [2.24, 2.45) is 5.92 Å². The zero-order valence-electron chi connectivity index (χ0n) is 13.7. The van der Waals surface area contributed by atoms with Crippen molar-refractivity contribution in [3.63, 3.8) is 0 Å². The van der Waals surface area contributed by atoms with Crippen molar-refractivity contribution < 1.29 is 4.79 Å². The third-order valence-electron chi connectivity index (χ3n) is 4.53. The van der Waals surface area contributed by atoms with Gasteiger partial charge in [-0.25, -0.2) is 0 Å². The lowest BCUT2D eigenvalue weighted by atomic mass is 9.97. The summed E-state index contributed by atoms with van der Waals surface area (Å²) in [7, 11) is 0. The van der Waals surface area contributed by atoms with Crippen molar-refractivity contribution in [3.8, 4) is 6.07 Å². The predicted molar refractivity (Wildman–Crippen MR) is 92.3 cm³/mol. The summed E-state index contributed by atoms with van der Waals surface area (Å²) >= 11 is 0. The molecule has 124 valence electrons. The number of nitrogens with zero attached hydrogens (tertiary/aromatic N) is 2. The van der Waals surface area contributed by atoms with E-state index in [1.807, 2.05) is 30.3 Å². The Bertz CT molecular complexity index is 717. The maximum absolute atomic E-state index is 12.0. The van der Waals surface area contributed by atoms with Crippen molar-refractivity contribution in [2.45, 2.75) is 19.4 Å². The van der Waals surface area contributed by atoms with Gasteiger partial charge in [-0.15, -0.1) is 0 Å². The molecule has 0 radical (unpaired) electrons. The number of nitrogens with one attached hydrogen (secondary N) is 2. The first-order valence-electron chi connectivity index (χ1n) is 8.38. The van der Waals surface area contributed by atoms with Gasteiger partial charge in [0.25, 0.3) is 5.91 Å². The molecule has 1 aromatic carbocycles. The van der Waals surface area contributed by atoms with Crippen LogP contribution in [-0.2, 0) is 6.54 Å². The van der Waals surface area contributed by atoms with Crippen LogP contribution in [0.3, 0.4) is 0 Å². The number of nitriles is 1. The molecule has 5 nitrogen and oxygen atoms in total. The molecule has 3 rings (SSSR count). The third kappa shape index (κ3) is 4.03. The lowest BCUT2D eigenvalue weighted by Gasteiger charge is -2.33. The number of carbonyl (C=O) groups is 1. The van der Waals surface area contributed by atoms with E-state index >= 15 is 0 Å². The number of piperidine rings is 1. The maximum atomic E-state index is 12.0. The van der Waals surface area contributed by atoms with Crippen LogP contribution in [0.25, 0.3) is 0 Å². The molecule has 0 bridgehead atoms. The molecular formula is C19H22N4O. The minimum atomic E-state index is -0.0491. The molecule has 0 aliphatic carbocycles. The minimum Gasteiger partial charge on any atom is -0.357 e. The van der Waals surface area contributed by atoms with Gasteiger partial charge in [0.1, 0.15) is 5.69 Å². The average molecular weight is 322 g/mol. The summed E-state index contributed by atoms with van der Waals surface area (Å²) in [5.74, 6) is 0.402. The smallest absolute Gasteiger partial charge is 0.267 e. The molecule has 0 unspecified atom stereocenters. The fourth-order valence-electron chi connectivity index (χ4n) is 3.27. The number of benzene rings is 1. The highest BCUT2D eigenvalue weighted by Gasteiger charge is 2.21. The normalized spacial score (nSPS) is 18.0. The molecule has 1 aliphatic heterocycles. The average Bonchev–Trinajstić information content (AvgIpc) is 3.15. The standard InChI is InChI=1S/C19H22N4O/c20-11-16-6-1-2-7-17(16)14-23-10-4-5-15(13-23)12-22-19(24)18-8-3-9-21-18/h1-3,6-9,15,21H,4-5,10,12-14H2,(H,22,24)/t15-/m0/s1. The monoisotopic (exact) mass is 322 g/mol. The molecule has 1 saturated heterocycles. The van der Waals surface area contributed by atoms with Gasteiger partial charge < -0.3 is 10.3 Å². The fourth-order valence-corrected chi connectivity index (χ4v) is 3.27. The SMILES string of the molecule is N#Cc1ccccc1CN1CCC[C@@H](CNC(=O)c2ccc[nH]2)C1. The van der Waals surface area contributed by atoms with Gasteiger partial charge in [-0.2, -0.15) is 5.26 Å².